The van der Waals surface area contributed by atoms with Crippen LogP contribution in [0.15, 0.2) is 95.9 Å². The van der Waals surface area contributed by atoms with Crippen LogP contribution in [0.4, 0.5) is 10.5 Å². The molecule has 0 bridgehead atoms. The monoisotopic (exact) mass is 745 g/mol. The van der Waals surface area contributed by atoms with Crippen LogP contribution in [-0.4, -0.2) is 69.1 Å². The number of primary amides is 1. The Labute approximate surface area is 310 Å². The van der Waals surface area contributed by atoms with E-state index in [0.29, 0.717) is 18.7 Å². The van der Waals surface area contributed by atoms with Gasteiger partial charge in [0.2, 0.25) is 17.7 Å². The molecule has 282 valence electrons. The van der Waals surface area contributed by atoms with Crippen molar-refractivity contribution in [2.45, 2.75) is 75.6 Å². The number of hydrogen-bond donors (Lipinski definition) is 4. The summed E-state index contributed by atoms with van der Waals surface area (Å²) in [7, 11) is -3.50. The molecule has 3 aromatic carbocycles. The number of carbonyl (C=O) groups is 5. The van der Waals surface area contributed by atoms with Crippen LogP contribution in [-0.2, 0) is 53.2 Å². The van der Waals surface area contributed by atoms with Crippen LogP contribution in [0.2, 0.25) is 0 Å². The highest BCUT2D eigenvalue weighted by atomic mass is 32.2. The van der Waals surface area contributed by atoms with Crippen LogP contribution >= 0.6 is 0 Å². The molecule has 0 saturated heterocycles. The molecular formula is C39H47N5O8S. The van der Waals surface area contributed by atoms with E-state index in [0.717, 1.165) is 22.9 Å². The van der Waals surface area contributed by atoms with Gasteiger partial charge in [-0.25, -0.2) is 13.2 Å². The first-order valence-corrected chi connectivity index (χ1v) is 19.3. The Morgan fingerprint density at radius 2 is 1.51 bits per heavy atom. The first-order valence-electron chi connectivity index (χ1n) is 17.4. The summed E-state index contributed by atoms with van der Waals surface area (Å²) in [4.78, 5) is 67.1. The number of nitrogens with one attached hydrogen (secondary N) is 3. The van der Waals surface area contributed by atoms with E-state index in [4.69, 9.17) is 10.5 Å². The van der Waals surface area contributed by atoms with Crippen LogP contribution in [0.5, 0.6) is 0 Å². The van der Waals surface area contributed by atoms with Gasteiger partial charge < -0.3 is 31.3 Å². The summed E-state index contributed by atoms with van der Waals surface area (Å²) in [5, 5.41) is 8.27. The van der Waals surface area contributed by atoms with E-state index >= 15 is 0 Å². The molecule has 0 aromatic heterocycles. The fourth-order valence-electron chi connectivity index (χ4n) is 5.85. The Hall–Kier alpha value is -5.50. The second kappa shape index (κ2) is 18.8. The van der Waals surface area contributed by atoms with Crippen molar-refractivity contribution in [3.8, 4) is 0 Å². The molecule has 53 heavy (non-hydrogen) atoms. The van der Waals surface area contributed by atoms with Crippen molar-refractivity contribution in [1.82, 2.24) is 16.0 Å². The van der Waals surface area contributed by atoms with E-state index in [1.165, 1.54) is 29.2 Å². The summed E-state index contributed by atoms with van der Waals surface area (Å²) < 4.78 is 29.7. The zero-order valence-corrected chi connectivity index (χ0v) is 30.9. The normalized spacial score (nSPS) is 14.2. The number of alkyl carbamates (subject to hydrolysis) is 1. The molecule has 3 atom stereocenters. The van der Waals surface area contributed by atoms with Crippen molar-refractivity contribution in [1.29, 1.82) is 0 Å². The number of sulfone groups is 1. The lowest BCUT2D eigenvalue weighted by atomic mass is 10.0. The Bertz CT molecular complexity index is 1900. The summed E-state index contributed by atoms with van der Waals surface area (Å²) >= 11 is 0. The minimum atomic E-state index is -3.50. The van der Waals surface area contributed by atoms with Gasteiger partial charge in [-0.05, 0) is 54.0 Å². The van der Waals surface area contributed by atoms with E-state index in [-0.39, 0.29) is 43.1 Å². The summed E-state index contributed by atoms with van der Waals surface area (Å²) in [5.74, 6) is -2.23. The predicted molar refractivity (Wildman–Crippen MR) is 200 cm³/mol. The molecule has 14 heteroatoms. The van der Waals surface area contributed by atoms with Gasteiger partial charge in [0, 0.05) is 43.4 Å². The Morgan fingerprint density at radius 3 is 2.13 bits per heavy atom. The fraction of sp³-hybridized carbons (Fsp3) is 0.359. The smallest absolute Gasteiger partial charge is 0.408 e. The first-order chi connectivity index (χ1) is 25.2. The van der Waals surface area contributed by atoms with Gasteiger partial charge in [0.1, 0.15) is 18.7 Å². The van der Waals surface area contributed by atoms with E-state index < -0.39 is 57.7 Å². The van der Waals surface area contributed by atoms with Crippen molar-refractivity contribution >= 4 is 45.2 Å². The van der Waals surface area contributed by atoms with E-state index in [9.17, 15) is 32.4 Å². The lowest BCUT2D eigenvalue weighted by molar-refractivity contribution is -0.130. The third-order valence-electron chi connectivity index (χ3n) is 8.59. The minimum absolute atomic E-state index is 0.00274. The lowest BCUT2D eigenvalue weighted by Gasteiger charge is -2.25. The Kier molecular flexibility index (Phi) is 14.3. The van der Waals surface area contributed by atoms with Crippen LogP contribution < -0.4 is 26.6 Å². The zero-order valence-electron chi connectivity index (χ0n) is 30.1. The second-order valence-electron chi connectivity index (χ2n) is 13.4. The van der Waals surface area contributed by atoms with Crippen LogP contribution in [0.1, 0.15) is 49.8 Å². The molecule has 5 N–H and O–H groups in total. The molecular weight excluding hydrogens is 699 g/mol. The molecule has 5 amide bonds. The second-order valence-corrected chi connectivity index (χ2v) is 15.4. The highest BCUT2D eigenvalue weighted by Gasteiger charge is 2.30. The number of ether oxygens (including phenoxy) is 1. The average molecular weight is 746 g/mol. The maximum Gasteiger partial charge on any atom is 0.408 e. The van der Waals surface area contributed by atoms with Crippen molar-refractivity contribution in [3.63, 3.8) is 0 Å². The molecule has 0 radical (unpaired) electrons. The van der Waals surface area contributed by atoms with E-state index in [1.54, 1.807) is 18.2 Å². The summed E-state index contributed by atoms with van der Waals surface area (Å²) in [6.07, 6.45) is 3.90. The third kappa shape index (κ3) is 12.6. The average Bonchev–Trinajstić information content (AvgIpc) is 3.55. The number of anilines is 1. The Balaban J connectivity index is 1.51. The number of hydrogen-bond acceptors (Lipinski definition) is 8. The van der Waals surface area contributed by atoms with Crippen molar-refractivity contribution < 1.29 is 37.1 Å². The van der Waals surface area contributed by atoms with E-state index in [2.05, 4.69) is 16.0 Å². The van der Waals surface area contributed by atoms with Gasteiger partial charge in [-0.15, -0.1) is 0 Å². The van der Waals surface area contributed by atoms with Gasteiger partial charge in [-0.3, -0.25) is 19.2 Å². The molecule has 0 unspecified atom stereocenters. The molecule has 4 rings (SSSR count). The molecule has 0 saturated carbocycles. The molecule has 0 fully saturated rings. The van der Waals surface area contributed by atoms with Gasteiger partial charge in [-0.2, -0.15) is 0 Å². The van der Waals surface area contributed by atoms with Crippen molar-refractivity contribution in [2.75, 3.05) is 17.7 Å². The largest absolute Gasteiger partial charge is 0.445 e. The lowest BCUT2D eigenvalue weighted by Crippen LogP contribution is -2.55. The Morgan fingerprint density at radius 1 is 0.868 bits per heavy atom. The number of rotatable bonds is 17. The highest BCUT2D eigenvalue weighted by Crippen LogP contribution is 2.31. The molecule has 13 nitrogen and oxygen atoms in total. The third-order valence-corrected chi connectivity index (χ3v) is 9.70. The number of nitrogens with two attached hydrogens (primary N) is 1. The summed E-state index contributed by atoms with van der Waals surface area (Å²) in [6, 6.07) is 19.9. The number of carbonyl (C=O) groups excluding carboxylic acids is 5. The number of benzene rings is 3. The number of nitrogens with zero attached hydrogens (tertiary/aromatic N) is 1. The van der Waals surface area contributed by atoms with Crippen molar-refractivity contribution in [2.24, 2.45) is 11.7 Å². The van der Waals surface area contributed by atoms with Crippen LogP contribution in [0, 0.1) is 5.92 Å². The fourth-order valence-corrected chi connectivity index (χ4v) is 6.49. The SMILES string of the molecule is CC(C)C[C@H](NC(=O)OCc1ccccc1)C(=O)N[C@@H](Cc1ccccc1)C(=O)N[C@H](/C=C/C(=O)N1CCc2ccc(S(C)(=O)=O)cc21)CCC(N)=O. The quantitative estimate of drug-likeness (QED) is 0.151. The predicted octanol–water partition coefficient (Wildman–Crippen LogP) is 3.35. The van der Waals surface area contributed by atoms with Gasteiger partial charge in [0.25, 0.3) is 5.91 Å². The van der Waals surface area contributed by atoms with Crippen LogP contribution in [0.3, 0.4) is 0 Å². The molecule has 1 aliphatic heterocycles. The standard InChI is InChI=1S/C39H47N5O8S/c1-26(2)22-32(43-39(49)52-25-28-12-8-5-9-13-28)38(48)42-33(23-27-10-6-4-7-11-27)37(47)41-30(15-18-35(40)45)16-19-36(46)44-21-20-29-14-17-31(24-34(29)44)53(3,50)51/h4-14,16-17,19,24,26,30,32-33H,15,18,20-23,25H2,1-3H3,(H2,40,45)(H,41,47)(H,42,48)(H,43,49)/b19-16+/t30-,32-,33-/m0/s1. The topological polar surface area (TPSA) is 194 Å². The summed E-state index contributed by atoms with van der Waals surface area (Å²) in [6.45, 7) is 4.14. The number of amides is 5. The zero-order chi connectivity index (χ0) is 38.5. The van der Waals surface area contributed by atoms with E-state index in [1.807, 2.05) is 62.4 Å². The first kappa shape index (κ1) is 40.3. The van der Waals surface area contributed by atoms with Gasteiger partial charge in [0.05, 0.1) is 4.90 Å². The van der Waals surface area contributed by atoms with Crippen molar-refractivity contribution in [3.05, 3.63) is 108 Å². The maximum absolute atomic E-state index is 13.9. The minimum Gasteiger partial charge on any atom is -0.445 e. The maximum atomic E-state index is 13.9. The molecule has 0 aliphatic carbocycles. The van der Waals surface area contributed by atoms with Gasteiger partial charge >= 0.3 is 6.09 Å². The van der Waals surface area contributed by atoms with Gasteiger partial charge in [-0.1, -0.05) is 86.7 Å². The molecule has 0 spiro atoms. The number of fused-ring (bicyclic) bond motifs is 1. The molecule has 1 aliphatic rings. The molecule has 3 aromatic rings. The van der Waals surface area contributed by atoms with Gasteiger partial charge in [0.15, 0.2) is 9.84 Å². The summed E-state index contributed by atoms with van der Waals surface area (Å²) in [5.41, 5.74) is 8.27. The molecule has 1 heterocycles. The van der Waals surface area contributed by atoms with Crippen LogP contribution in [0.25, 0.3) is 0 Å². The highest BCUT2D eigenvalue weighted by molar-refractivity contribution is 7.90.